The Hall–Kier alpha value is -2.52. The number of carbonyl (C=O) groups is 2. The minimum absolute atomic E-state index is 0.00754. The lowest BCUT2D eigenvalue weighted by molar-refractivity contribution is -0.115. The fourth-order valence-corrected chi connectivity index (χ4v) is 3.33. The van der Waals surface area contributed by atoms with Gasteiger partial charge in [-0.25, -0.2) is 14.8 Å². The number of nitrogens with zero attached hydrogens (tertiary/aromatic N) is 2. The van der Waals surface area contributed by atoms with Crippen molar-refractivity contribution in [3.8, 4) is 5.75 Å². The van der Waals surface area contributed by atoms with E-state index in [1.807, 2.05) is 6.92 Å². The third-order valence-corrected chi connectivity index (χ3v) is 5.16. The fourth-order valence-electron chi connectivity index (χ4n) is 2.22. The highest BCUT2D eigenvalue weighted by molar-refractivity contribution is 8.00. The maximum Gasteiger partial charge on any atom is 0.343 e. The van der Waals surface area contributed by atoms with Gasteiger partial charge in [0.05, 0.1) is 24.0 Å². The van der Waals surface area contributed by atoms with E-state index in [-0.39, 0.29) is 23.9 Å². The lowest BCUT2D eigenvalue weighted by Gasteiger charge is -2.15. The minimum Gasteiger partial charge on any atom is -0.495 e. The van der Waals surface area contributed by atoms with Crippen LogP contribution < -0.4 is 15.8 Å². The number of rotatable bonds is 8. The van der Waals surface area contributed by atoms with Crippen LogP contribution in [-0.4, -0.2) is 40.8 Å². The van der Waals surface area contributed by atoms with Gasteiger partial charge in [0.2, 0.25) is 5.91 Å². The molecule has 28 heavy (non-hydrogen) atoms. The standard InChI is InChI=1S/C18H21ClN4O4S/c1-4-14(16(24)22-10-6-7-13(26-3)12(19)8-10)28-18-21-9-11(15(20)23-18)17(25)27-5-2/h6-9,14H,4-5H2,1-3H3,(H,22,24)(H2,20,21,23). The van der Waals surface area contributed by atoms with Gasteiger partial charge in [0.25, 0.3) is 0 Å². The number of halogens is 1. The number of esters is 1. The van der Waals surface area contributed by atoms with Gasteiger partial charge in [-0.15, -0.1) is 0 Å². The van der Waals surface area contributed by atoms with E-state index in [2.05, 4.69) is 15.3 Å². The Morgan fingerprint density at radius 1 is 1.36 bits per heavy atom. The number of thioether (sulfide) groups is 1. The molecule has 0 saturated carbocycles. The molecule has 0 radical (unpaired) electrons. The Labute approximate surface area is 172 Å². The van der Waals surface area contributed by atoms with E-state index in [4.69, 9.17) is 26.8 Å². The van der Waals surface area contributed by atoms with Gasteiger partial charge >= 0.3 is 5.97 Å². The summed E-state index contributed by atoms with van der Waals surface area (Å²) >= 11 is 7.24. The van der Waals surface area contributed by atoms with Crippen molar-refractivity contribution in [2.45, 2.75) is 30.7 Å². The van der Waals surface area contributed by atoms with Gasteiger partial charge in [-0.05, 0) is 31.5 Å². The quantitative estimate of drug-likeness (QED) is 0.376. The number of carbonyl (C=O) groups excluding carboxylic acids is 2. The van der Waals surface area contributed by atoms with Crippen molar-refractivity contribution in [3.63, 3.8) is 0 Å². The SMILES string of the molecule is CCOC(=O)c1cnc(SC(CC)C(=O)Nc2ccc(OC)c(Cl)c2)nc1N. The number of ether oxygens (including phenoxy) is 2. The van der Waals surface area contributed by atoms with Gasteiger partial charge in [-0.3, -0.25) is 4.79 Å². The minimum atomic E-state index is -0.585. The first kappa shape index (κ1) is 21.8. The summed E-state index contributed by atoms with van der Waals surface area (Å²) in [4.78, 5) is 32.6. The molecule has 3 N–H and O–H groups in total. The number of hydrogen-bond acceptors (Lipinski definition) is 8. The van der Waals surface area contributed by atoms with Crippen LogP contribution in [0.4, 0.5) is 11.5 Å². The lowest BCUT2D eigenvalue weighted by atomic mass is 10.2. The highest BCUT2D eigenvalue weighted by Crippen LogP contribution is 2.29. The van der Waals surface area contributed by atoms with Crippen molar-refractivity contribution in [1.82, 2.24) is 9.97 Å². The molecule has 0 aliphatic rings. The second-order valence-electron chi connectivity index (χ2n) is 5.53. The molecule has 8 nitrogen and oxygen atoms in total. The number of amides is 1. The van der Waals surface area contributed by atoms with Gasteiger partial charge < -0.3 is 20.5 Å². The van der Waals surface area contributed by atoms with Crippen molar-refractivity contribution in [2.24, 2.45) is 0 Å². The van der Waals surface area contributed by atoms with Crippen LogP contribution in [0.5, 0.6) is 5.75 Å². The van der Waals surface area contributed by atoms with Crippen molar-refractivity contribution in [1.29, 1.82) is 0 Å². The summed E-state index contributed by atoms with van der Waals surface area (Å²) in [5.41, 5.74) is 6.46. The topological polar surface area (TPSA) is 116 Å². The number of aromatic nitrogens is 2. The average Bonchev–Trinajstić information content (AvgIpc) is 2.66. The van der Waals surface area contributed by atoms with Crippen LogP contribution in [0.25, 0.3) is 0 Å². The zero-order valence-corrected chi connectivity index (χ0v) is 17.3. The highest BCUT2D eigenvalue weighted by atomic mass is 35.5. The Balaban J connectivity index is 2.08. The molecule has 1 heterocycles. The number of methoxy groups -OCH3 is 1. The lowest BCUT2D eigenvalue weighted by Crippen LogP contribution is -2.25. The monoisotopic (exact) mass is 424 g/mol. The van der Waals surface area contributed by atoms with Crippen LogP contribution in [0.1, 0.15) is 30.6 Å². The smallest absolute Gasteiger partial charge is 0.343 e. The highest BCUT2D eigenvalue weighted by Gasteiger charge is 2.21. The zero-order chi connectivity index (χ0) is 20.7. The van der Waals surface area contributed by atoms with E-state index in [0.29, 0.717) is 28.0 Å². The summed E-state index contributed by atoms with van der Waals surface area (Å²) in [6, 6.07) is 4.98. The second kappa shape index (κ2) is 10.1. The Morgan fingerprint density at radius 3 is 2.68 bits per heavy atom. The van der Waals surface area contributed by atoms with Crippen LogP contribution in [0.15, 0.2) is 29.6 Å². The van der Waals surface area contributed by atoms with Gasteiger partial charge in [0, 0.05) is 11.9 Å². The van der Waals surface area contributed by atoms with E-state index in [1.54, 1.807) is 25.1 Å². The molecule has 150 valence electrons. The Kier molecular flexibility index (Phi) is 7.89. The number of hydrogen-bond donors (Lipinski definition) is 2. The zero-order valence-electron chi connectivity index (χ0n) is 15.7. The maximum absolute atomic E-state index is 12.6. The van der Waals surface area contributed by atoms with E-state index in [9.17, 15) is 9.59 Å². The van der Waals surface area contributed by atoms with Crippen LogP contribution in [-0.2, 0) is 9.53 Å². The van der Waals surface area contributed by atoms with Crippen molar-refractivity contribution < 1.29 is 19.1 Å². The van der Waals surface area contributed by atoms with Crippen molar-refractivity contribution in [2.75, 3.05) is 24.8 Å². The number of nitrogens with two attached hydrogens (primary N) is 1. The second-order valence-corrected chi connectivity index (χ2v) is 7.10. The molecule has 2 rings (SSSR count). The molecule has 0 aliphatic carbocycles. The molecular formula is C18H21ClN4O4S. The third kappa shape index (κ3) is 5.49. The maximum atomic E-state index is 12.6. The van der Waals surface area contributed by atoms with Crippen LogP contribution in [0.2, 0.25) is 5.02 Å². The molecule has 2 aromatic rings. The van der Waals surface area contributed by atoms with E-state index in [1.165, 1.54) is 13.3 Å². The van der Waals surface area contributed by atoms with Gasteiger partial charge in [-0.1, -0.05) is 30.3 Å². The molecule has 0 spiro atoms. The molecular weight excluding hydrogens is 404 g/mol. The molecule has 1 atom stereocenters. The van der Waals surface area contributed by atoms with Crippen LogP contribution in [0, 0.1) is 0 Å². The van der Waals surface area contributed by atoms with Gasteiger partial charge in [0.1, 0.15) is 17.1 Å². The fraction of sp³-hybridized carbons (Fsp3) is 0.333. The molecule has 1 aromatic carbocycles. The van der Waals surface area contributed by atoms with Gasteiger partial charge in [0.15, 0.2) is 5.16 Å². The summed E-state index contributed by atoms with van der Waals surface area (Å²) < 4.78 is 9.99. The number of nitrogens with one attached hydrogen (secondary N) is 1. The molecule has 1 unspecified atom stereocenters. The van der Waals surface area contributed by atoms with Crippen molar-refractivity contribution >= 4 is 46.7 Å². The largest absolute Gasteiger partial charge is 0.495 e. The summed E-state index contributed by atoms with van der Waals surface area (Å²) in [7, 11) is 1.52. The number of nitrogen functional groups attached to an aromatic ring is 1. The van der Waals surface area contributed by atoms with Crippen LogP contribution in [0.3, 0.4) is 0 Å². The molecule has 1 amide bonds. The van der Waals surface area contributed by atoms with Crippen molar-refractivity contribution in [3.05, 3.63) is 35.0 Å². The summed E-state index contributed by atoms with van der Waals surface area (Å²) in [5, 5.41) is 3.03. The molecule has 0 bridgehead atoms. The Bertz CT molecular complexity index is 865. The Morgan fingerprint density at radius 2 is 2.11 bits per heavy atom. The number of anilines is 2. The summed E-state index contributed by atoms with van der Waals surface area (Å²) in [6.45, 7) is 3.79. The predicted octanol–water partition coefficient (Wildman–Crippen LogP) is 3.41. The first-order valence-electron chi connectivity index (χ1n) is 8.50. The first-order valence-corrected chi connectivity index (χ1v) is 9.76. The van der Waals surface area contributed by atoms with Gasteiger partial charge in [-0.2, -0.15) is 0 Å². The first-order chi connectivity index (χ1) is 13.4. The molecule has 1 aromatic heterocycles. The summed E-state index contributed by atoms with van der Waals surface area (Å²) in [5.74, 6) is -0.289. The molecule has 0 fully saturated rings. The predicted molar refractivity (Wildman–Crippen MR) is 109 cm³/mol. The van der Waals surface area contributed by atoms with E-state index in [0.717, 1.165) is 11.8 Å². The summed E-state index contributed by atoms with van der Waals surface area (Å²) in [6.07, 6.45) is 1.83. The molecule has 0 aliphatic heterocycles. The van der Waals surface area contributed by atoms with Crippen LogP contribution >= 0.6 is 23.4 Å². The normalized spacial score (nSPS) is 11.6. The van der Waals surface area contributed by atoms with E-state index < -0.39 is 11.2 Å². The average molecular weight is 425 g/mol. The van der Waals surface area contributed by atoms with E-state index >= 15 is 0 Å². The molecule has 0 saturated heterocycles. The molecule has 10 heteroatoms. The third-order valence-electron chi connectivity index (χ3n) is 3.62. The number of benzene rings is 1.